The lowest BCUT2D eigenvalue weighted by Gasteiger charge is -2.22. The Labute approximate surface area is 142 Å². The molecule has 1 saturated heterocycles. The summed E-state index contributed by atoms with van der Waals surface area (Å²) in [6, 6.07) is 14.5. The van der Waals surface area contributed by atoms with E-state index in [-0.39, 0.29) is 11.7 Å². The molecule has 2 aromatic rings. The number of rotatable bonds is 3. The third-order valence-corrected chi connectivity index (χ3v) is 4.47. The highest BCUT2D eigenvalue weighted by Gasteiger charge is 2.20. The molecule has 3 nitrogen and oxygen atoms in total. The number of aryl methyl sites for hydroxylation is 1. The molecule has 3 rings (SSSR count). The van der Waals surface area contributed by atoms with Gasteiger partial charge in [0.2, 0.25) is 0 Å². The molecule has 0 aromatic heterocycles. The second kappa shape index (κ2) is 7.58. The Balaban J connectivity index is 1.60. The van der Waals surface area contributed by atoms with Gasteiger partial charge in [-0.05, 0) is 37.1 Å². The number of carbonyl (C=O) groups excluding carboxylic acids is 1. The first-order valence-corrected chi connectivity index (χ1v) is 8.44. The van der Waals surface area contributed by atoms with Crippen molar-refractivity contribution in [3.8, 4) is 0 Å². The normalized spacial score (nSPS) is 16.0. The number of amides is 1. The molecule has 4 heteroatoms. The van der Waals surface area contributed by atoms with Gasteiger partial charge < -0.3 is 4.90 Å². The summed E-state index contributed by atoms with van der Waals surface area (Å²) in [6.07, 6.45) is 0.937. The van der Waals surface area contributed by atoms with Gasteiger partial charge in [0.05, 0.1) is 0 Å². The fraction of sp³-hybridized carbons (Fsp3) is 0.350. The van der Waals surface area contributed by atoms with Gasteiger partial charge in [-0.3, -0.25) is 9.69 Å². The summed E-state index contributed by atoms with van der Waals surface area (Å²) in [5.41, 5.74) is 2.99. The molecule has 0 N–H and O–H groups in total. The second-order valence-electron chi connectivity index (χ2n) is 6.42. The van der Waals surface area contributed by atoms with Gasteiger partial charge in [0, 0.05) is 38.3 Å². The maximum Gasteiger partial charge on any atom is 0.254 e. The van der Waals surface area contributed by atoms with E-state index >= 15 is 0 Å². The van der Waals surface area contributed by atoms with Crippen molar-refractivity contribution in [3.05, 3.63) is 71.0 Å². The number of hydrogen-bond donors (Lipinski definition) is 0. The summed E-state index contributed by atoms with van der Waals surface area (Å²) < 4.78 is 13.3. The summed E-state index contributed by atoms with van der Waals surface area (Å²) in [5.74, 6) is -0.441. The van der Waals surface area contributed by atoms with Gasteiger partial charge in [-0.15, -0.1) is 0 Å². The maximum atomic E-state index is 13.3. The lowest BCUT2D eigenvalue weighted by Crippen LogP contribution is -2.35. The maximum absolute atomic E-state index is 13.3. The lowest BCUT2D eigenvalue weighted by molar-refractivity contribution is 0.0760. The standard InChI is InChI=1S/C20H23FN2O/c1-16-6-8-17(9-7-16)15-22-10-3-11-23(13-12-22)20(24)18-4-2-5-19(21)14-18/h2,4-9,14H,3,10-13,15H2,1H3. The van der Waals surface area contributed by atoms with Crippen molar-refractivity contribution in [2.24, 2.45) is 0 Å². The average molecular weight is 326 g/mol. The minimum Gasteiger partial charge on any atom is -0.337 e. The SMILES string of the molecule is Cc1ccc(CN2CCCN(C(=O)c3cccc(F)c3)CC2)cc1. The van der Waals surface area contributed by atoms with Crippen molar-refractivity contribution in [1.29, 1.82) is 0 Å². The third-order valence-electron chi connectivity index (χ3n) is 4.47. The number of carbonyl (C=O) groups is 1. The van der Waals surface area contributed by atoms with Crippen molar-refractivity contribution >= 4 is 5.91 Å². The van der Waals surface area contributed by atoms with Gasteiger partial charge in [0.15, 0.2) is 0 Å². The van der Waals surface area contributed by atoms with Gasteiger partial charge in [-0.1, -0.05) is 35.9 Å². The van der Waals surface area contributed by atoms with Crippen LogP contribution >= 0.6 is 0 Å². The molecule has 1 fully saturated rings. The van der Waals surface area contributed by atoms with Gasteiger partial charge >= 0.3 is 0 Å². The lowest BCUT2D eigenvalue weighted by atomic mass is 10.1. The molecule has 24 heavy (non-hydrogen) atoms. The Morgan fingerprint density at radius 3 is 2.58 bits per heavy atom. The summed E-state index contributed by atoms with van der Waals surface area (Å²) in [6.45, 7) is 6.21. The predicted octanol–water partition coefficient (Wildman–Crippen LogP) is 3.48. The molecule has 0 unspecified atom stereocenters. The van der Waals surface area contributed by atoms with Crippen LogP contribution in [0.15, 0.2) is 48.5 Å². The molecular weight excluding hydrogens is 303 g/mol. The van der Waals surface area contributed by atoms with Crippen molar-refractivity contribution in [2.75, 3.05) is 26.2 Å². The van der Waals surface area contributed by atoms with Crippen LogP contribution in [0.2, 0.25) is 0 Å². The Hall–Kier alpha value is -2.20. The third kappa shape index (κ3) is 4.20. The number of nitrogens with zero attached hydrogens (tertiary/aromatic N) is 2. The van der Waals surface area contributed by atoms with E-state index in [1.807, 2.05) is 4.90 Å². The molecule has 1 amide bonds. The molecule has 0 saturated carbocycles. The zero-order chi connectivity index (χ0) is 16.9. The van der Waals surface area contributed by atoms with E-state index in [9.17, 15) is 9.18 Å². The van der Waals surface area contributed by atoms with E-state index in [1.54, 1.807) is 12.1 Å². The summed E-state index contributed by atoms with van der Waals surface area (Å²) >= 11 is 0. The Kier molecular flexibility index (Phi) is 5.26. The fourth-order valence-electron chi connectivity index (χ4n) is 3.09. The molecule has 0 atom stereocenters. The van der Waals surface area contributed by atoms with Crippen LogP contribution < -0.4 is 0 Å². The molecule has 0 aliphatic carbocycles. The predicted molar refractivity (Wildman–Crippen MR) is 93.4 cm³/mol. The van der Waals surface area contributed by atoms with E-state index in [2.05, 4.69) is 36.1 Å². The van der Waals surface area contributed by atoms with Crippen LogP contribution in [0.25, 0.3) is 0 Å². The highest BCUT2D eigenvalue weighted by Crippen LogP contribution is 2.13. The van der Waals surface area contributed by atoms with Gasteiger partial charge in [-0.25, -0.2) is 4.39 Å². The molecule has 0 bridgehead atoms. The van der Waals surface area contributed by atoms with Crippen LogP contribution in [0, 0.1) is 12.7 Å². The van der Waals surface area contributed by atoms with Gasteiger partial charge in [0.25, 0.3) is 5.91 Å². The van der Waals surface area contributed by atoms with Crippen molar-refractivity contribution in [2.45, 2.75) is 19.9 Å². The van der Waals surface area contributed by atoms with Crippen LogP contribution in [0.3, 0.4) is 0 Å². The van der Waals surface area contributed by atoms with Crippen LogP contribution in [-0.2, 0) is 6.54 Å². The zero-order valence-corrected chi connectivity index (χ0v) is 14.0. The van der Waals surface area contributed by atoms with Crippen molar-refractivity contribution in [3.63, 3.8) is 0 Å². The largest absolute Gasteiger partial charge is 0.337 e. The van der Waals surface area contributed by atoms with Gasteiger partial charge in [-0.2, -0.15) is 0 Å². The number of halogens is 1. The van der Waals surface area contributed by atoms with E-state index in [0.29, 0.717) is 12.1 Å². The zero-order valence-electron chi connectivity index (χ0n) is 14.0. The summed E-state index contributed by atoms with van der Waals surface area (Å²) in [7, 11) is 0. The molecule has 126 valence electrons. The topological polar surface area (TPSA) is 23.6 Å². The first-order chi connectivity index (χ1) is 11.6. The van der Waals surface area contributed by atoms with Crippen LogP contribution in [0.4, 0.5) is 4.39 Å². The minimum atomic E-state index is -0.364. The molecule has 0 radical (unpaired) electrons. The van der Waals surface area contributed by atoms with Gasteiger partial charge in [0.1, 0.15) is 5.82 Å². The Bertz CT molecular complexity index is 699. The van der Waals surface area contributed by atoms with Crippen molar-refractivity contribution < 1.29 is 9.18 Å². The molecule has 1 aliphatic heterocycles. The Morgan fingerprint density at radius 2 is 1.83 bits per heavy atom. The molecule has 2 aromatic carbocycles. The molecular formula is C20H23FN2O. The van der Waals surface area contributed by atoms with Crippen LogP contribution in [0.5, 0.6) is 0 Å². The number of hydrogen-bond acceptors (Lipinski definition) is 2. The van der Waals surface area contributed by atoms with Crippen molar-refractivity contribution in [1.82, 2.24) is 9.80 Å². The molecule has 0 spiro atoms. The molecule has 1 aliphatic rings. The first kappa shape index (κ1) is 16.7. The quantitative estimate of drug-likeness (QED) is 0.862. The van der Waals surface area contributed by atoms with Crippen LogP contribution in [0.1, 0.15) is 27.9 Å². The summed E-state index contributed by atoms with van der Waals surface area (Å²) in [4.78, 5) is 16.8. The summed E-state index contributed by atoms with van der Waals surface area (Å²) in [5, 5.41) is 0. The monoisotopic (exact) mass is 326 g/mol. The smallest absolute Gasteiger partial charge is 0.254 e. The highest BCUT2D eigenvalue weighted by molar-refractivity contribution is 5.94. The van der Waals surface area contributed by atoms with E-state index in [4.69, 9.17) is 0 Å². The van der Waals surface area contributed by atoms with Crippen LogP contribution in [-0.4, -0.2) is 41.9 Å². The average Bonchev–Trinajstić information content (AvgIpc) is 2.82. The second-order valence-corrected chi connectivity index (χ2v) is 6.42. The van der Waals surface area contributed by atoms with E-state index < -0.39 is 0 Å². The van der Waals surface area contributed by atoms with E-state index in [1.165, 1.54) is 23.3 Å². The Morgan fingerprint density at radius 1 is 1.04 bits per heavy atom. The first-order valence-electron chi connectivity index (χ1n) is 8.44. The number of benzene rings is 2. The van der Waals surface area contributed by atoms with E-state index in [0.717, 1.165) is 32.6 Å². The fourth-order valence-corrected chi connectivity index (χ4v) is 3.09. The molecule has 1 heterocycles. The minimum absolute atomic E-state index is 0.0771. The highest BCUT2D eigenvalue weighted by atomic mass is 19.1.